The molecule has 0 amide bonds. The van der Waals surface area contributed by atoms with Crippen molar-refractivity contribution in [3.05, 3.63) is 85.1 Å². The van der Waals surface area contributed by atoms with Gasteiger partial charge in [-0.15, -0.1) is 0 Å². The summed E-state index contributed by atoms with van der Waals surface area (Å²) in [5.74, 6) is -0.908. The SMILES string of the molecule is CC/C=C\C/C=C\C/C=C\C/C=C\CCCCCCCCCCCCCCC(=O)OCC(COC(=O)CCCCC/C=C\C/C=C\C/C=C\CC)OC(=O)CCCCCCCCCCCCCCCC. The van der Waals surface area contributed by atoms with E-state index in [0.717, 1.165) is 109 Å². The minimum atomic E-state index is -0.787. The number of hydrogen-bond acceptors (Lipinski definition) is 6. The Balaban J connectivity index is 4.29. The fourth-order valence-electron chi connectivity index (χ4n) is 8.27. The first-order valence-corrected chi connectivity index (χ1v) is 29.6. The Labute approximate surface area is 433 Å². The molecule has 0 fully saturated rings. The Morgan fingerprint density at radius 1 is 0.300 bits per heavy atom. The minimum Gasteiger partial charge on any atom is -0.462 e. The predicted octanol–water partition coefficient (Wildman–Crippen LogP) is 19.9. The highest BCUT2D eigenvalue weighted by atomic mass is 16.6. The average Bonchev–Trinajstić information content (AvgIpc) is 3.36. The summed E-state index contributed by atoms with van der Waals surface area (Å²) in [5, 5.41) is 0. The van der Waals surface area contributed by atoms with Crippen LogP contribution < -0.4 is 0 Å². The summed E-state index contributed by atoms with van der Waals surface area (Å²) >= 11 is 0. The van der Waals surface area contributed by atoms with Gasteiger partial charge in [0.2, 0.25) is 0 Å². The van der Waals surface area contributed by atoms with Crippen LogP contribution in [-0.4, -0.2) is 37.2 Å². The molecule has 0 aromatic rings. The van der Waals surface area contributed by atoms with E-state index in [-0.39, 0.29) is 31.1 Å². The first-order valence-electron chi connectivity index (χ1n) is 29.6. The maximum Gasteiger partial charge on any atom is 0.306 e. The monoisotopic (exact) mass is 975 g/mol. The van der Waals surface area contributed by atoms with Crippen LogP contribution in [0.2, 0.25) is 0 Å². The molecule has 1 unspecified atom stereocenters. The Bertz CT molecular complexity index is 1350. The maximum absolute atomic E-state index is 12.8. The molecule has 0 aromatic heterocycles. The van der Waals surface area contributed by atoms with Crippen LogP contribution in [0.1, 0.15) is 284 Å². The molecule has 0 spiro atoms. The van der Waals surface area contributed by atoms with Crippen molar-refractivity contribution in [3.8, 4) is 0 Å². The van der Waals surface area contributed by atoms with Crippen molar-refractivity contribution in [2.75, 3.05) is 13.2 Å². The van der Waals surface area contributed by atoms with Crippen LogP contribution in [0.3, 0.4) is 0 Å². The lowest BCUT2D eigenvalue weighted by atomic mass is 10.0. The van der Waals surface area contributed by atoms with Crippen LogP contribution in [0.15, 0.2) is 85.1 Å². The molecule has 0 saturated heterocycles. The number of esters is 3. The van der Waals surface area contributed by atoms with Crippen LogP contribution in [0, 0.1) is 0 Å². The second-order valence-corrected chi connectivity index (χ2v) is 19.5. The summed E-state index contributed by atoms with van der Waals surface area (Å²) in [6.07, 6.45) is 75.8. The third kappa shape index (κ3) is 55.5. The van der Waals surface area contributed by atoms with Gasteiger partial charge in [0, 0.05) is 19.3 Å². The number of allylic oxidation sites excluding steroid dienone is 14. The molecular formula is C64H110O6. The number of rotatable bonds is 53. The quantitative estimate of drug-likeness (QED) is 0.0261. The third-order valence-corrected chi connectivity index (χ3v) is 12.6. The molecule has 0 aromatic carbocycles. The van der Waals surface area contributed by atoms with Crippen LogP contribution in [0.25, 0.3) is 0 Å². The highest BCUT2D eigenvalue weighted by Crippen LogP contribution is 2.16. The van der Waals surface area contributed by atoms with Gasteiger partial charge in [-0.05, 0) is 89.9 Å². The van der Waals surface area contributed by atoms with Gasteiger partial charge in [0.1, 0.15) is 13.2 Å². The first kappa shape index (κ1) is 66.6. The van der Waals surface area contributed by atoms with E-state index in [0.29, 0.717) is 19.3 Å². The highest BCUT2D eigenvalue weighted by Gasteiger charge is 2.19. The van der Waals surface area contributed by atoms with Gasteiger partial charge < -0.3 is 14.2 Å². The van der Waals surface area contributed by atoms with Crippen LogP contribution >= 0.6 is 0 Å². The van der Waals surface area contributed by atoms with E-state index in [4.69, 9.17) is 14.2 Å². The van der Waals surface area contributed by atoms with Crippen molar-refractivity contribution < 1.29 is 28.6 Å². The molecule has 70 heavy (non-hydrogen) atoms. The topological polar surface area (TPSA) is 78.9 Å². The average molecular weight is 976 g/mol. The van der Waals surface area contributed by atoms with Crippen molar-refractivity contribution in [2.45, 2.75) is 290 Å². The number of carbonyl (C=O) groups excluding carboxylic acids is 3. The van der Waals surface area contributed by atoms with E-state index in [9.17, 15) is 14.4 Å². The van der Waals surface area contributed by atoms with Gasteiger partial charge in [0.15, 0.2) is 6.10 Å². The number of unbranched alkanes of at least 4 members (excludes halogenated alkanes) is 28. The summed E-state index contributed by atoms with van der Waals surface area (Å²) in [5.41, 5.74) is 0. The van der Waals surface area contributed by atoms with Crippen molar-refractivity contribution in [1.29, 1.82) is 0 Å². The van der Waals surface area contributed by atoms with E-state index in [1.807, 2.05) is 0 Å². The second-order valence-electron chi connectivity index (χ2n) is 19.5. The molecule has 0 saturated carbocycles. The molecule has 402 valence electrons. The molecule has 1 atom stereocenters. The Morgan fingerprint density at radius 3 is 0.886 bits per heavy atom. The molecule has 0 heterocycles. The predicted molar refractivity (Wildman–Crippen MR) is 302 cm³/mol. The minimum absolute atomic E-state index is 0.0845. The van der Waals surface area contributed by atoms with E-state index in [1.165, 1.54) is 135 Å². The Morgan fingerprint density at radius 2 is 0.557 bits per heavy atom. The fourth-order valence-corrected chi connectivity index (χ4v) is 8.27. The van der Waals surface area contributed by atoms with Gasteiger partial charge >= 0.3 is 17.9 Å². The van der Waals surface area contributed by atoms with Gasteiger partial charge in [0.25, 0.3) is 0 Å². The third-order valence-electron chi connectivity index (χ3n) is 12.6. The summed E-state index contributed by atoms with van der Waals surface area (Å²) in [7, 11) is 0. The lowest BCUT2D eigenvalue weighted by Gasteiger charge is -2.18. The number of hydrogen-bond donors (Lipinski definition) is 0. The van der Waals surface area contributed by atoms with Gasteiger partial charge in [-0.2, -0.15) is 0 Å². The maximum atomic E-state index is 12.8. The summed E-state index contributed by atoms with van der Waals surface area (Å²) < 4.78 is 16.8. The molecule has 0 aliphatic rings. The Kier molecular flexibility index (Phi) is 55.3. The zero-order valence-electron chi connectivity index (χ0n) is 46.0. The van der Waals surface area contributed by atoms with E-state index in [2.05, 4.69) is 106 Å². The second kappa shape index (κ2) is 58.2. The van der Waals surface area contributed by atoms with Crippen molar-refractivity contribution in [3.63, 3.8) is 0 Å². The van der Waals surface area contributed by atoms with Crippen LogP contribution in [0.4, 0.5) is 0 Å². The van der Waals surface area contributed by atoms with Gasteiger partial charge in [-0.25, -0.2) is 0 Å². The van der Waals surface area contributed by atoms with E-state index < -0.39 is 6.10 Å². The number of ether oxygens (including phenoxy) is 3. The first-order chi connectivity index (χ1) is 34.5. The molecular weight excluding hydrogens is 865 g/mol. The number of carbonyl (C=O) groups is 3. The van der Waals surface area contributed by atoms with Gasteiger partial charge in [0.05, 0.1) is 0 Å². The molecule has 0 aliphatic heterocycles. The summed E-state index contributed by atoms with van der Waals surface area (Å²) in [6, 6.07) is 0. The molecule has 6 heteroatoms. The van der Waals surface area contributed by atoms with E-state index in [1.54, 1.807) is 0 Å². The molecule has 0 bridgehead atoms. The lowest BCUT2D eigenvalue weighted by molar-refractivity contribution is -0.167. The van der Waals surface area contributed by atoms with Crippen molar-refractivity contribution >= 4 is 17.9 Å². The van der Waals surface area contributed by atoms with Crippen molar-refractivity contribution in [2.24, 2.45) is 0 Å². The fraction of sp³-hybridized carbons (Fsp3) is 0.734. The lowest BCUT2D eigenvalue weighted by Crippen LogP contribution is -2.30. The van der Waals surface area contributed by atoms with Gasteiger partial charge in [-0.1, -0.05) is 260 Å². The zero-order valence-corrected chi connectivity index (χ0v) is 46.0. The Hall–Kier alpha value is -3.41. The molecule has 0 rings (SSSR count). The molecule has 0 radical (unpaired) electrons. The molecule has 6 nitrogen and oxygen atoms in total. The molecule has 0 aliphatic carbocycles. The van der Waals surface area contributed by atoms with E-state index >= 15 is 0 Å². The van der Waals surface area contributed by atoms with Gasteiger partial charge in [-0.3, -0.25) is 14.4 Å². The van der Waals surface area contributed by atoms with Crippen LogP contribution in [-0.2, 0) is 28.6 Å². The van der Waals surface area contributed by atoms with Crippen LogP contribution in [0.5, 0.6) is 0 Å². The summed E-state index contributed by atoms with van der Waals surface area (Å²) in [4.78, 5) is 38.1. The standard InChI is InChI=1S/C64H110O6/c1-4-7-10-13-16-19-22-25-27-28-29-30-31-32-33-34-35-36-37-40-42-45-48-51-54-57-63(66)69-60-61(59-68-62(65)56-53-50-47-44-41-38-24-21-18-15-12-9-6-3)70-64(67)58-55-52-49-46-43-39-26-23-20-17-14-11-8-5-2/h7,9-10,12,16,18-19,21,25,27,29-30,38,41,61H,4-6,8,11,13-15,17,20,22-24,26,28,31-37,39-40,42-60H2,1-3H3/b10-7-,12-9-,19-16-,21-18-,27-25-,30-29-,41-38-. The zero-order chi connectivity index (χ0) is 50.7. The smallest absolute Gasteiger partial charge is 0.306 e. The molecule has 0 N–H and O–H groups in total. The summed E-state index contributed by atoms with van der Waals surface area (Å²) in [6.45, 7) is 6.41. The largest absolute Gasteiger partial charge is 0.462 e. The highest BCUT2D eigenvalue weighted by molar-refractivity contribution is 5.71. The van der Waals surface area contributed by atoms with Crippen molar-refractivity contribution in [1.82, 2.24) is 0 Å². The normalized spacial score (nSPS) is 12.7.